The van der Waals surface area contributed by atoms with Crippen LogP contribution in [0.4, 0.5) is 5.69 Å². The van der Waals surface area contributed by atoms with Gasteiger partial charge in [0.2, 0.25) is 0 Å². The topological polar surface area (TPSA) is 15.3 Å². The highest BCUT2D eigenvalue weighted by Crippen LogP contribution is 2.23. The van der Waals surface area contributed by atoms with Gasteiger partial charge in [-0.2, -0.15) is 0 Å². The Morgan fingerprint density at radius 2 is 2.31 bits per heavy atom. The van der Waals surface area contributed by atoms with Crippen molar-refractivity contribution in [3.63, 3.8) is 0 Å². The van der Waals surface area contributed by atoms with Crippen molar-refractivity contribution < 1.29 is 0 Å². The Kier molecular flexibility index (Phi) is 3.72. The maximum atomic E-state index is 5.96. The standard InChI is InChI=1S/C13H19ClN2/c1-10-8-11(14)5-6-13(10)16(2)9-12-4-3-7-15-12/h5-6,8,12,15H,3-4,7,9H2,1-2H3. The summed E-state index contributed by atoms with van der Waals surface area (Å²) >= 11 is 5.96. The number of nitrogens with one attached hydrogen (secondary N) is 1. The van der Waals surface area contributed by atoms with Crippen molar-refractivity contribution in [1.29, 1.82) is 0 Å². The van der Waals surface area contributed by atoms with Crippen molar-refractivity contribution in [3.05, 3.63) is 28.8 Å². The van der Waals surface area contributed by atoms with E-state index in [0.717, 1.165) is 18.1 Å². The molecule has 1 aromatic rings. The molecule has 2 nitrogen and oxygen atoms in total. The van der Waals surface area contributed by atoms with Crippen molar-refractivity contribution in [2.24, 2.45) is 0 Å². The molecule has 16 heavy (non-hydrogen) atoms. The summed E-state index contributed by atoms with van der Waals surface area (Å²) < 4.78 is 0. The van der Waals surface area contributed by atoms with Crippen molar-refractivity contribution >= 4 is 17.3 Å². The average Bonchev–Trinajstić information content (AvgIpc) is 2.70. The van der Waals surface area contributed by atoms with E-state index in [2.05, 4.69) is 30.3 Å². The average molecular weight is 239 g/mol. The zero-order chi connectivity index (χ0) is 11.5. The molecule has 0 spiro atoms. The first kappa shape index (κ1) is 11.7. The van der Waals surface area contributed by atoms with Crippen molar-refractivity contribution in [1.82, 2.24) is 5.32 Å². The highest BCUT2D eigenvalue weighted by molar-refractivity contribution is 6.30. The minimum Gasteiger partial charge on any atom is -0.373 e. The molecule has 1 N–H and O–H groups in total. The molecule has 1 atom stereocenters. The predicted molar refractivity (Wildman–Crippen MR) is 70.5 cm³/mol. The van der Waals surface area contributed by atoms with Gasteiger partial charge in [-0.3, -0.25) is 0 Å². The number of nitrogens with zero attached hydrogens (tertiary/aromatic N) is 1. The Morgan fingerprint density at radius 1 is 1.50 bits per heavy atom. The first-order valence-electron chi connectivity index (χ1n) is 5.87. The lowest BCUT2D eigenvalue weighted by Crippen LogP contribution is -2.35. The van der Waals surface area contributed by atoms with Crippen LogP contribution in [-0.2, 0) is 0 Å². The van der Waals surface area contributed by atoms with E-state index >= 15 is 0 Å². The van der Waals surface area contributed by atoms with Crippen LogP contribution in [0.25, 0.3) is 0 Å². The van der Waals surface area contributed by atoms with Gasteiger partial charge in [0.05, 0.1) is 0 Å². The molecule has 0 amide bonds. The van der Waals surface area contributed by atoms with Crippen LogP contribution in [0.3, 0.4) is 0 Å². The molecule has 1 aliphatic rings. The number of benzene rings is 1. The fraction of sp³-hybridized carbons (Fsp3) is 0.538. The summed E-state index contributed by atoms with van der Waals surface area (Å²) in [5, 5.41) is 4.33. The van der Waals surface area contributed by atoms with Gasteiger partial charge in [0, 0.05) is 30.3 Å². The van der Waals surface area contributed by atoms with Crippen LogP contribution in [0.15, 0.2) is 18.2 Å². The molecule has 1 aromatic carbocycles. The fourth-order valence-corrected chi connectivity index (χ4v) is 2.62. The Hall–Kier alpha value is -0.730. The van der Waals surface area contributed by atoms with Gasteiger partial charge >= 0.3 is 0 Å². The number of aryl methyl sites for hydroxylation is 1. The molecule has 1 heterocycles. The minimum atomic E-state index is 0.639. The number of halogens is 1. The van der Waals surface area contributed by atoms with E-state index in [1.807, 2.05) is 12.1 Å². The lowest BCUT2D eigenvalue weighted by molar-refractivity contribution is 0.599. The Balaban J connectivity index is 2.04. The lowest BCUT2D eigenvalue weighted by Gasteiger charge is -2.25. The van der Waals surface area contributed by atoms with E-state index in [1.165, 1.54) is 24.1 Å². The third-order valence-electron chi connectivity index (χ3n) is 3.23. The lowest BCUT2D eigenvalue weighted by atomic mass is 10.1. The second-order valence-electron chi connectivity index (χ2n) is 4.60. The number of anilines is 1. The fourth-order valence-electron chi connectivity index (χ4n) is 2.39. The van der Waals surface area contributed by atoms with Gasteiger partial charge in [-0.05, 0) is 50.1 Å². The second-order valence-corrected chi connectivity index (χ2v) is 5.04. The van der Waals surface area contributed by atoms with Crippen molar-refractivity contribution in [2.75, 3.05) is 25.0 Å². The predicted octanol–water partition coefficient (Wildman–Crippen LogP) is 2.84. The van der Waals surface area contributed by atoms with Gasteiger partial charge < -0.3 is 10.2 Å². The zero-order valence-corrected chi connectivity index (χ0v) is 10.7. The van der Waals surface area contributed by atoms with Crippen molar-refractivity contribution in [2.45, 2.75) is 25.8 Å². The number of rotatable bonds is 3. The third-order valence-corrected chi connectivity index (χ3v) is 3.46. The molecule has 2 rings (SSSR count). The normalized spacial score (nSPS) is 20.1. The summed E-state index contributed by atoms with van der Waals surface area (Å²) in [7, 11) is 2.15. The summed E-state index contributed by atoms with van der Waals surface area (Å²) in [6.45, 7) is 4.35. The highest BCUT2D eigenvalue weighted by atomic mass is 35.5. The number of hydrogen-bond acceptors (Lipinski definition) is 2. The zero-order valence-electron chi connectivity index (χ0n) is 9.96. The third kappa shape index (κ3) is 2.69. The van der Waals surface area contributed by atoms with Crippen LogP contribution in [0, 0.1) is 6.92 Å². The van der Waals surface area contributed by atoms with Crippen LogP contribution >= 0.6 is 11.6 Å². The molecular formula is C13H19ClN2. The molecule has 0 aliphatic carbocycles. The van der Waals surface area contributed by atoms with E-state index in [-0.39, 0.29) is 0 Å². The minimum absolute atomic E-state index is 0.639. The largest absolute Gasteiger partial charge is 0.373 e. The Bertz CT molecular complexity index is 359. The summed E-state index contributed by atoms with van der Waals surface area (Å²) in [5.41, 5.74) is 2.52. The highest BCUT2D eigenvalue weighted by Gasteiger charge is 2.16. The van der Waals surface area contributed by atoms with E-state index in [4.69, 9.17) is 11.6 Å². The SMILES string of the molecule is Cc1cc(Cl)ccc1N(C)CC1CCCN1. The summed E-state index contributed by atoms with van der Waals surface area (Å²) in [4.78, 5) is 2.31. The monoisotopic (exact) mass is 238 g/mol. The van der Waals surface area contributed by atoms with E-state index in [0.29, 0.717) is 6.04 Å². The van der Waals surface area contributed by atoms with Gasteiger partial charge in [0.1, 0.15) is 0 Å². The quantitative estimate of drug-likeness (QED) is 0.871. The summed E-state index contributed by atoms with van der Waals surface area (Å²) in [6, 6.07) is 6.73. The van der Waals surface area contributed by atoms with Crippen molar-refractivity contribution in [3.8, 4) is 0 Å². The van der Waals surface area contributed by atoms with Crippen LogP contribution in [0.1, 0.15) is 18.4 Å². The van der Waals surface area contributed by atoms with Gasteiger partial charge in [-0.25, -0.2) is 0 Å². The molecule has 3 heteroatoms. The maximum Gasteiger partial charge on any atom is 0.0410 e. The molecule has 1 saturated heterocycles. The second kappa shape index (κ2) is 5.07. The number of likely N-dealkylation sites (N-methyl/N-ethyl adjacent to an activating group) is 1. The van der Waals surface area contributed by atoms with E-state index in [1.54, 1.807) is 0 Å². The van der Waals surface area contributed by atoms with Gasteiger partial charge in [-0.15, -0.1) is 0 Å². The molecule has 88 valence electrons. The molecule has 1 unspecified atom stereocenters. The Labute approximate surface area is 103 Å². The van der Waals surface area contributed by atoms with E-state index in [9.17, 15) is 0 Å². The molecular weight excluding hydrogens is 220 g/mol. The first-order valence-corrected chi connectivity index (χ1v) is 6.25. The smallest absolute Gasteiger partial charge is 0.0410 e. The molecule has 0 aromatic heterocycles. The first-order chi connectivity index (χ1) is 7.66. The number of hydrogen-bond donors (Lipinski definition) is 1. The van der Waals surface area contributed by atoms with Crippen LogP contribution in [0.5, 0.6) is 0 Å². The molecule has 0 radical (unpaired) electrons. The van der Waals surface area contributed by atoms with Crippen LogP contribution in [-0.4, -0.2) is 26.2 Å². The molecule has 0 saturated carbocycles. The molecule has 1 aliphatic heterocycles. The van der Waals surface area contributed by atoms with Gasteiger partial charge in [0.25, 0.3) is 0 Å². The Morgan fingerprint density at radius 3 is 2.94 bits per heavy atom. The van der Waals surface area contributed by atoms with Gasteiger partial charge in [0.15, 0.2) is 0 Å². The molecule has 1 fully saturated rings. The molecule has 0 bridgehead atoms. The summed E-state index contributed by atoms with van der Waals surface area (Å²) in [5.74, 6) is 0. The van der Waals surface area contributed by atoms with E-state index < -0.39 is 0 Å². The van der Waals surface area contributed by atoms with Gasteiger partial charge in [-0.1, -0.05) is 11.6 Å². The van der Waals surface area contributed by atoms with Crippen LogP contribution in [0.2, 0.25) is 5.02 Å². The maximum absolute atomic E-state index is 5.96. The van der Waals surface area contributed by atoms with Crippen LogP contribution < -0.4 is 10.2 Å². The summed E-state index contributed by atoms with van der Waals surface area (Å²) in [6.07, 6.45) is 2.59.